The van der Waals surface area contributed by atoms with Crippen molar-refractivity contribution in [3.05, 3.63) is 28.3 Å². The standard InChI is InChI=1S/C12H11BrN4O/c1-6-10-7(2)15-12(13)17(10)11-8(14-6)4-5-9(16-11)18-3/h4-5H,1-3H3. The second-order valence-electron chi connectivity index (χ2n) is 4.04. The lowest BCUT2D eigenvalue weighted by atomic mass is 10.3. The predicted octanol–water partition coefficient (Wildman–Crippen LogP) is 2.67. The third kappa shape index (κ3) is 1.49. The Morgan fingerprint density at radius 2 is 1.83 bits per heavy atom. The zero-order valence-electron chi connectivity index (χ0n) is 10.2. The minimum atomic E-state index is 0.563. The Balaban J connectivity index is 2.57. The SMILES string of the molecule is COc1ccc2nc(C)c3c(C)nc(Br)n3c2n1. The van der Waals surface area contributed by atoms with Crippen LogP contribution in [-0.4, -0.2) is 26.5 Å². The van der Waals surface area contributed by atoms with E-state index >= 15 is 0 Å². The third-order valence-electron chi connectivity index (χ3n) is 2.89. The van der Waals surface area contributed by atoms with E-state index in [0.29, 0.717) is 5.88 Å². The van der Waals surface area contributed by atoms with Crippen LogP contribution in [0.3, 0.4) is 0 Å². The fourth-order valence-electron chi connectivity index (χ4n) is 2.14. The highest BCUT2D eigenvalue weighted by molar-refractivity contribution is 9.10. The molecule has 6 heteroatoms. The van der Waals surface area contributed by atoms with Crippen LogP contribution in [-0.2, 0) is 0 Å². The summed E-state index contributed by atoms with van der Waals surface area (Å²) in [6.07, 6.45) is 0. The molecule has 5 nitrogen and oxygen atoms in total. The Kier molecular flexibility index (Phi) is 2.48. The molecule has 0 amide bonds. The van der Waals surface area contributed by atoms with Gasteiger partial charge in [0, 0.05) is 6.07 Å². The molecule has 18 heavy (non-hydrogen) atoms. The number of aromatic nitrogens is 4. The number of imidazole rings is 1. The quantitative estimate of drug-likeness (QED) is 0.693. The first-order chi connectivity index (χ1) is 8.61. The van der Waals surface area contributed by atoms with Gasteiger partial charge < -0.3 is 4.74 Å². The molecule has 3 rings (SSSR count). The summed E-state index contributed by atoms with van der Waals surface area (Å²) >= 11 is 3.46. The van der Waals surface area contributed by atoms with E-state index in [1.165, 1.54) is 0 Å². The Morgan fingerprint density at radius 1 is 1.11 bits per heavy atom. The Labute approximate surface area is 112 Å². The van der Waals surface area contributed by atoms with Gasteiger partial charge in [-0.05, 0) is 35.8 Å². The van der Waals surface area contributed by atoms with Crippen molar-refractivity contribution in [1.82, 2.24) is 19.4 Å². The van der Waals surface area contributed by atoms with Gasteiger partial charge in [0.1, 0.15) is 5.52 Å². The fourth-order valence-corrected chi connectivity index (χ4v) is 2.75. The van der Waals surface area contributed by atoms with E-state index in [9.17, 15) is 0 Å². The Bertz CT molecular complexity index is 766. The number of nitrogens with zero attached hydrogens (tertiary/aromatic N) is 4. The molecule has 0 aliphatic carbocycles. The smallest absolute Gasteiger partial charge is 0.215 e. The van der Waals surface area contributed by atoms with Crippen molar-refractivity contribution in [2.24, 2.45) is 0 Å². The van der Waals surface area contributed by atoms with Gasteiger partial charge in [-0.15, -0.1) is 0 Å². The van der Waals surface area contributed by atoms with Crippen LogP contribution in [0.15, 0.2) is 16.9 Å². The topological polar surface area (TPSA) is 52.3 Å². The maximum Gasteiger partial charge on any atom is 0.215 e. The molecular formula is C12H11BrN4O. The van der Waals surface area contributed by atoms with Gasteiger partial charge in [0.05, 0.1) is 24.0 Å². The number of halogens is 1. The molecule has 0 spiro atoms. The second kappa shape index (κ2) is 3.91. The van der Waals surface area contributed by atoms with E-state index < -0.39 is 0 Å². The second-order valence-corrected chi connectivity index (χ2v) is 4.75. The predicted molar refractivity (Wildman–Crippen MR) is 72.0 cm³/mol. The van der Waals surface area contributed by atoms with Crippen molar-refractivity contribution in [3.63, 3.8) is 0 Å². The van der Waals surface area contributed by atoms with Crippen LogP contribution in [0.5, 0.6) is 5.88 Å². The molecule has 0 saturated carbocycles. The molecule has 0 aliphatic rings. The van der Waals surface area contributed by atoms with Gasteiger partial charge in [0.15, 0.2) is 10.4 Å². The van der Waals surface area contributed by atoms with Crippen LogP contribution in [0.25, 0.3) is 16.7 Å². The van der Waals surface area contributed by atoms with Gasteiger partial charge in [0.2, 0.25) is 5.88 Å². The molecule has 0 bridgehead atoms. The molecule has 0 fully saturated rings. The fraction of sp³-hybridized carbons (Fsp3) is 0.250. The van der Waals surface area contributed by atoms with Gasteiger partial charge in [-0.2, -0.15) is 4.98 Å². The number of pyridine rings is 1. The van der Waals surface area contributed by atoms with Crippen LogP contribution < -0.4 is 4.74 Å². The van der Waals surface area contributed by atoms with E-state index in [1.807, 2.05) is 24.3 Å². The summed E-state index contributed by atoms with van der Waals surface area (Å²) in [5.41, 5.74) is 4.40. The molecule has 0 aromatic carbocycles. The molecule has 0 atom stereocenters. The lowest BCUT2D eigenvalue weighted by molar-refractivity contribution is 0.399. The molecule has 0 radical (unpaired) electrons. The maximum absolute atomic E-state index is 5.16. The van der Waals surface area contributed by atoms with Gasteiger partial charge in [-0.3, -0.25) is 4.40 Å². The molecular weight excluding hydrogens is 296 g/mol. The summed E-state index contributed by atoms with van der Waals surface area (Å²) in [6, 6.07) is 3.70. The molecule has 3 aromatic rings. The molecule has 0 saturated heterocycles. The van der Waals surface area contributed by atoms with Crippen molar-refractivity contribution >= 4 is 32.6 Å². The molecule has 0 N–H and O–H groups in total. The van der Waals surface area contributed by atoms with E-state index in [2.05, 4.69) is 30.9 Å². The molecule has 3 aromatic heterocycles. The van der Waals surface area contributed by atoms with Gasteiger partial charge in [0.25, 0.3) is 0 Å². The summed E-state index contributed by atoms with van der Waals surface area (Å²) in [6.45, 7) is 3.93. The average molecular weight is 307 g/mol. The number of hydrogen-bond donors (Lipinski definition) is 0. The number of aryl methyl sites for hydroxylation is 2. The number of hydrogen-bond acceptors (Lipinski definition) is 4. The highest BCUT2D eigenvalue weighted by atomic mass is 79.9. The first-order valence-corrected chi connectivity index (χ1v) is 6.27. The first kappa shape index (κ1) is 11.4. The van der Waals surface area contributed by atoms with E-state index in [1.54, 1.807) is 13.2 Å². The van der Waals surface area contributed by atoms with Crippen LogP contribution >= 0.6 is 15.9 Å². The van der Waals surface area contributed by atoms with E-state index in [4.69, 9.17) is 4.74 Å². The molecule has 0 aliphatic heterocycles. The Morgan fingerprint density at radius 3 is 2.56 bits per heavy atom. The lowest BCUT2D eigenvalue weighted by Gasteiger charge is -2.06. The van der Waals surface area contributed by atoms with Crippen LogP contribution in [0.4, 0.5) is 0 Å². The maximum atomic E-state index is 5.16. The minimum absolute atomic E-state index is 0.563. The first-order valence-electron chi connectivity index (χ1n) is 5.47. The van der Waals surface area contributed by atoms with Crippen molar-refractivity contribution in [2.45, 2.75) is 13.8 Å². The van der Waals surface area contributed by atoms with Crippen molar-refractivity contribution in [3.8, 4) is 5.88 Å². The normalized spacial score (nSPS) is 11.3. The third-order valence-corrected chi connectivity index (χ3v) is 3.42. The largest absolute Gasteiger partial charge is 0.481 e. The van der Waals surface area contributed by atoms with Gasteiger partial charge in [-0.1, -0.05) is 0 Å². The number of methoxy groups -OCH3 is 1. The van der Waals surface area contributed by atoms with Crippen molar-refractivity contribution in [2.75, 3.05) is 7.11 Å². The van der Waals surface area contributed by atoms with E-state index in [0.717, 1.165) is 32.8 Å². The zero-order chi connectivity index (χ0) is 12.9. The number of rotatable bonds is 1. The van der Waals surface area contributed by atoms with E-state index in [-0.39, 0.29) is 0 Å². The average Bonchev–Trinajstić information content (AvgIpc) is 2.65. The van der Waals surface area contributed by atoms with Gasteiger partial charge in [-0.25, -0.2) is 9.97 Å². The van der Waals surface area contributed by atoms with Crippen LogP contribution in [0.1, 0.15) is 11.4 Å². The monoisotopic (exact) mass is 306 g/mol. The summed E-state index contributed by atoms with van der Waals surface area (Å²) in [4.78, 5) is 13.4. The van der Waals surface area contributed by atoms with Crippen molar-refractivity contribution < 1.29 is 4.74 Å². The zero-order valence-corrected chi connectivity index (χ0v) is 11.8. The summed E-state index contributed by atoms with van der Waals surface area (Å²) < 4.78 is 7.84. The minimum Gasteiger partial charge on any atom is -0.481 e. The molecule has 0 unspecified atom stereocenters. The number of ether oxygens (including phenoxy) is 1. The van der Waals surface area contributed by atoms with Crippen LogP contribution in [0, 0.1) is 13.8 Å². The summed E-state index contributed by atoms with van der Waals surface area (Å²) in [5.74, 6) is 0.563. The lowest BCUT2D eigenvalue weighted by Crippen LogP contribution is -1.99. The molecule has 92 valence electrons. The highest BCUT2D eigenvalue weighted by Gasteiger charge is 2.14. The van der Waals surface area contributed by atoms with Crippen LogP contribution in [0.2, 0.25) is 0 Å². The van der Waals surface area contributed by atoms with Gasteiger partial charge >= 0.3 is 0 Å². The van der Waals surface area contributed by atoms with Crippen molar-refractivity contribution in [1.29, 1.82) is 0 Å². The number of fused-ring (bicyclic) bond motifs is 3. The Hall–Kier alpha value is -1.69. The summed E-state index contributed by atoms with van der Waals surface area (Å²) in [7, 11) is 1.60. The highest BCUT2D eigenvalue weighted by Crippen LogP contribution is 2.25. The summed E-state index contributed by atoms with van der Waals surface area (Å²) in [5, 5.41) is 0. The molecule has 3 heterocycles.